The quantitative estimate of drug-likeness (QED) is 0.672. The van der Waals surface area contributed by atoms with Crippen molar-refractivity contribution in [2.24, 2.45) is 0 Å². The molecule has 1 heterocycles. The highest BCUT2D eigenvalue weighted by molar-refractivity contribution is 7.90. The average molecular weight is 393 g/mol. The summed E-state index contributed by atoms with van der Waals surface area (Å²) in [7, 11) is -7.24. The Labute approximate surface area is 146 Å². The average Bonchev–Trinajstić information content (AvgIpc) is 3.00. The molecule has 0 aliphatic carbocycles. The van der Waals surface area contributed by atoms with Crippen LogP contribution in [0.5, 0.6) is 0 Å². The third-order valence-electron chi connectivity index (χ3n) is 3.01. The first kappa shape index (κ1) is 18.9. The summed E-state index contributed by atoms with van der Waals surface area (Å²) < 4.78 is 57.1. The van der Waals surface area contributed by atoms with Crippen LogP contribution in [-0.2, 0) is 32.3 Å². The lowest BCUT2D eigenvalue weighted by Gasteiger charge is -2.08. The van der Waals surface area contributed by atoms with Crippen LogP contribution >= 0.6 is 11.6 Å². The molecule has 0 atom stereocenters. The number of halogens is 1. The monoisotopic (exact) mass is 392 g/mol. The van der Waals surface area contributed by atoms with Gasteiger partial charge in [-0.25, -0.2) is 26.3 Å². The molecule has 2 rings (SSSR count). The third kappa shape index (κ3) is 6.62. The lowest BCUT2D eigenvalue weighted by Crippen LogP contribution is -2.34. The molecule has 0 unspecified atom stereocenters. The third-order valence-corrected chi connectivity index (χ3v) is 5.94. The van der Waals surface area contributed by atoms with Gasteiger partial charge in [-0.3, -0.25) is 0 Å². The van der Waals surface area contributed by atoms with E-state index in [2.05, 4.69) is 9.44 Å². The van der Waals surface area contributed by atoms with Crippen LogP contribution in [-0.4, -0.2) is 29.1 Å². The molecule has 1 aromatic carbocycles. The van der Waals surface area contributed by atoms with Crippen molar-refractivity contribution in [1.29, 1.82) is 0 Å². The zero-order valence-electron chi connectivity index (χ0n) is 12.6. The summed E-state index contributed by atoms with van der Waals surface area (Å²) in [5, 5.41) is 0.512. The Morgan fingerprint density at radius 2 is 1.67 bits per heavy atom. The fourth-order valence-electron chi connectivity index (χ4n) is 1.85. The molecule has 2 N–H and O–H groups in total. The zero-order valence-corrected chi connectivity index (χ0v) is 15.0. The maximum absolute atomic E-state index is 11.9. The van der Waals surface area contributed by atoms with E-state index in [1.165, 1.54) is 6.26 Å². The van der Waals surface area contributed by atoms with Gasteiger partial charge < -0.3 is 4.42 Å². The molecule has 0 fully saturated rings. The van der Waals surface area contributed by atoms with Crippen LogP contribution in [0.2, 0.25) is 5.02 Å². The van der Waals surface area contributed by atoms with Gasteiger partial charge in [0.2, 0.25) is 20.0 Å². The van der Waals surface area contributed by atoms with Crippen LogP contribution in [0.1, 0.15) is 11.3 Å². The molecule has 10 heteroatoms. The molecule has 1 aromatic heterocycles. The highest BCUT2D eigenvalue weighted by Gasteiger charge is 2.15. The number of nitrogens with one attached hydrogen (secondary N) is 2. The maximum atomic E-state index is 11.9. The molecule has 0 spiro atoms. The molecule has 0 aliphatic rings. The van der Waals surface area contributed by atoms with Crippen LogP contribution < -0.4 is 9.44 Å². The van der Waals surface area contributed by atoms with Crippen molar-refractivity contribution in [1.82, 2.24) is 9.44 Å². The van der Waals surface area contributed by atoms with Crippen molar-refractivity contribution in [2.75, 3.05) is 12.3 Å². The van der Waals surface area contributed by atoms with Crippen LogP contribution in [0.3, 0.4) is 0 Å². The summed E-state index contributed by atoms with van der Waals surface area (Å²) in [6.07, 6.45) is 1.44. The maximum Gasteiger partial charge on any atom is 0.215 e. The van der Waals surface area contributed by atoms with Gasteiger partial charge in [-0.15, -0.1) is 0 Å². The van der Waals surface area contributed by atoms with Gasteiger partial charge in [0.1, 0.15) is 5.76 Å². The minimum atomic E-state index is -3.63. The smallest absolute Gasteiger partial charge is 0.215 e. The lowest BCUT2D eigenvalue weighted by molar-refractivity contribution is 0.498. The summed E-state index contributed by atoms with van der Waals surface area (Å²) in [5.41, 5.74) is 0.561. The van der Waals surface area contributed by atoms with E-state index in [0.717, 1.165) is 0 Å². The van der Waals surface area contributed by atoms with Crippen molar-refractivity contribution >= 4 is 31.6 Å². The normalized spacial score (nSPS) is 12.4. The molecule has 24 heavy (non-hydrogen) atoms. The summed E-state index contributed by atoms with van der Waals surface area (Å²) in [6.45, 7) is -0.198. The molecule has 2 aromatic rings. The Morgan fingerprint density at radius 1 is 0.958 bits per heavy atom. The second kappa shape index (κ2) is 8.13. The second-order valence-corrected chi connectivity index (χ2v) is 9.17. The van der Waals surface area contributed by atoms with Gasteiger partial charge in [0.15, 0.2) is 0 Å². The molecular weight excluding hydrogens is 376 g/mol. The standard InChI is InChI=1S/C14H17ClN2O5S2/c15-13-5-3-12(4-6-13)11-24(20,21)16-7-9-23(18,19)17-10-14-2-1-8-22-14/h1-6,8,16-17H,7,9-11H2. The molecule has 0 radical (unpaired) electrons. The summed E-state index contributed by atoms with van der Waals surface area (Å²) in [5.74, 6) is -0.140. The number of hydrogen-bond acceptors (Lipinski definition) is 5. The molecule has 0 saturated heterocycles. The Hall–Kier alpha value is -1.39. The van der Waals surface area contributed by atoms with E-state index < -0.39 is 20.0 Å². The number of sulfonamides is 2. The van der Waals surface area contributed by atoms with Gasteiger partial charge in [0.25, 0.3) is 0 Å². The Kier molecular flexibility index (Phi) is 6.41. The van der Waals surface area contributed by atoms with E-state index in [9.17, 15) is 16.8 Å². The topological polar surface area (TPSA) is 105 Å². The SMILES string of the molecule is O=S(=O)(CCNS(=O)(=O)Cc1ccc(Cl)cc1)NCc1ccco1. The minimum Gasteiger partial charge on any atom is -0.468 e. The van der Waals surface area contributed by atoms with Crippen molar-refractivity contribution in [3.05, 3.63) is 59.0 Å². The fourth-order valence-corrected chi connectivity index (χ4v) is 4.13. The summed E-state index contributed by atoms with van der Waals surface area (Å²) in [4.78, 5) is 0. The van der Waals surface area contributed by atoms with Crippen LogP contribution in [0, 0.1) is 0 Å². The zero-order chi connectivity index (χ0) is 17.6. The Morgan fingerprint density at radius 3 is 2.29 bits per heavy atom. The predicted octanol–water partition coefficient (Wildman–Crippen LogP) is 1.47. The second-order valence-electron chi connectivity index (χ2n) is 5.00. The van der Waals surface area contributed by atoms with Crippen molar-refractivity contribution < 1.29 is 21.3 Å². The Balaban J connectivity index is 1.80. The van der Waals surface area contributed by atoms with E-state index in [4.69, 9.17) is 16.0 Å². The van der Waals surface area contributed by atoms with Gasteiger partial charge in [-0.05, 0) is 29.8 Å². The number of furan rings is 1. The van der Waals surface area contributed by atoms with Crippen LogP contribution in [0.15, 0.2) is 47.1 Å². The minimum absolute atomic E-state index is 0.0207. The van der Waals surface area contributed by atoms with E-state index in [1.807, 2.05) is 0 Å². The number of rotatable bonds is 9. The molecule has 0 amide bonds. The predicted molar refractivity (Wildman–Crippen MR) is 91.4 cm³/mol. The van der Waals surface area contributed by atoms with Gasteiger partial charge in [-0.1, -0.05) is 23.7 Å². The fraction of sp³-hybridized carbons (Fsp3) is 0.286. The summed E-state index contributed by atoms with van der Waals surface area (Å²) in [6, 6.07) is 9.67. The lowest BCUT2D eigenvalue weighted by atomic mass is 10.2. The van der Waals surface area contributed by atoms with Crippen molar-refractivity contribution in [3.63, 3.8) is 0 Å². The number of benzene rings is 1. The van der Waals surface area contributed by atoms with Gasteiger partial charge in [0.05, 0.1) is 24.3 Å². The van der Waals surface area contributed by atoms with E-state index in [1.54, 1.807) is 36.4 Å². The first-order valence-corrected chi connectivity index (χ1v) is 10.7. The summed E-state index contributed by atoms with van der Waals surface area (Å²) >= 11 is 5.74. The number of hydrogen-bond donors (Lipinski definition) is 2. The van der Waals surface area contributed by atoms with Gasteiger partial charge >= 0.3 is 0 Å². The molecule has 0 aliphatic heterocycles. The highest BCUT2D eigenvalue weighted by Crippen LogP contribution is 2.11. The Bertz CT molecular complexity index is 847. The molecule has 132 valence electrons. The largest absolute Gasteiger partial charge is 0.468 e. The molecular formula is C14H17ClN2O5S2. The van der Waals surface area contributed by atoms with Crippen LogP contribution in [0.25, 0.3) is 0 Å². The van der Waals surface area contributed by atoms with E-state index in [0.29, 0.717) is 16.3 Å². The van der Waals surface area contributed by atoms with Crippen molar-refractivity contribution in [3.8, 4) is 0 Å². The van der Waals surface area contributed by atoms with E-state index >= 15 is 0 Å². The van der Waals surface area contributed by atoms with E-state index in [-0.39, 0.29) is 24.6 Å². The molecule has 0 bridgehead atoms. The van der Waals surface area contributed by atoms with Gasteiger partial charge in [-0.2, -0.15) is 0 Å². The molecule has 0 saturated carbocycles. The highest BCUT2D eigenvalue weighted by atomic mass is 35.5. The molecule has 7 nitrogen and oxygen atoms in total. The van der Waals surface area contributed by atoms with Gasteiger partial charge in [0, 0.05) is 11.6 Å². The first-order valence-electron chi connectivity index (χ1n) is 6.97. The van der Waals surface area contributed by atoms with Crippen molar-refractivity contribution in [2.45, 2.75) is 12.3 Å². The van der Waals surface area contributed by atoms with Crippen LogP contribution in [0.4, 0.5) is 0 Å². The first-order chi connectivity index (χ1) is 11.3.